The number of phenolic OH excluding ortho intramolecular Hbond substituents is 1. The summed E-state index contributed by atoms with van der Waals surface area (Å²) in [5.74, 6) is 1.28. The first-order valence-electron chi connectivity index (χ1n) is 8.16. The van der Waals surface area contributed by atoms with Crippen LogP contribution in [-0.4, -0.2) is 42.7 Å². The van der Waals surface area contributed by atoms with Crippen molar-refractivity contribution in [1.82, 2.24) is 10.2 Å². The van der Waals surface area contributed by atoms with Crippen molar-refractivity contribution in [2.75, 3.05) is 26.7 Å². The Kier molecular flexibility index (Phi) is 5.52. The molecule has 5 heteroatoms. The van der Waals surface area contributed by atoms with E-state index in [0.717, 1.165) is 38.2 Å². The van der Waals surface area contributed by atoms with Crippen LogP contribution >= 0.6 is 0 Å². The second-order valence-corrected chi connectivity index (χ2v) is 7.36. The summed E-state index contributed by atoms with van der Waals surface area (Å²) in [7, 11) is 1.55. The highest BCUT2D eigenvalue weighted by Gasteiger charge is 2.26. The largest absolute Gasteiger partial charge is 0.504 e. The summed E-state index contributed by atoms with van der Waals surface area (Å²) in [6.07, 6.45) is 1.09. The van der Waals surface area contributed by atoms with Gasteiger partial charge in [-0.25, -0.2) is 0 Å². The number of carbonyl (C=O) groups is 1. The maximum Gasteiger partial charge on any atom is 0.225 e. The Labute approximate surface area is 138 Å². The predicted molar refractivity (Wildman–Crippen MR) is 90.5 cm³/mol. The number of aromatic hydroxyl groups is 1. The topological polar surface area (TPSA) is 61.8 Å². The molecule has 5 nitrogen and oxygen atoms in total. The fraction of sp³-hybridized carbons (Fsp3) is 0.611. The van der Waals surface area contributed by atoms with Crippen molar-refractivity contribution in [3.05, 3.63) is 23.8 Å². The molecule has 1 aliphatic heterocycles. The van der Waals surface area contributed by atoms with Crippen LogP contribution in [0.2, 0.25) is 0 Å². The molecule has 0 spiro atoms. The average molecular weight is 320 g/mol. The molecule has 0 aromatic heterocycles. The molecule has 0 bridgehead atoms. The van der Waals surface area contributed by atoms with Crippen molar-refractivity contribution in [2.24, 2.45) is 11.3 Å². The lowest BCUT2D eigenvalue weighted by Gasteiger charge is -2.20. The maximum atomic E-state index is 11.9. The molecule has 1 aromatic carbocycles. The Morgan fingerprint density at radius 3 is 2.78 bits per heavy atom. The zero-order valence-electron chi connectivity index (χ0n) is 14.6. The van der Waals surface area contributed by atoms with Crippen LogP contribution in [0.4, 0.5) is 0 Å². The molecule has 0 saturated carbocycles. The highest BCUT2D eigenvalue weighted by atomic mass is 16.5. The number of carbonyl (C=O) groups excluding carboxylic acids is 1. The summed E-state index contributed by atoms with van der Waals surface area (Å²) < 4.78 is 5.06. The molecule has 1 heterocycles. The number of amides is 1. The summed E-state index contributed by atoms with van der Waals surface area (Å²) in [4.78, 5) is 14.3. The highest BCUT2D eigenvalue weighted by molar-refractivity contribution is 5.81. The second kappa shape index (κ2) is 7.21. The van der Waals surface area contributed by atoms with Crippen molar-refractivity contribution in [3.63, 3.8) is 0 Å². The molecule has 23 heavy (non-hydrogen) atoms. The molecule has 0 radical (unpaired) electrons. The quantitative estimate of drug-likeness (QED) is 0.874. The first kappa shape index (κ1) is 17.6. The first-order valence-corrected chi connectivity index (χ1v) is 8.16. The van der Waals surface area contributed by atoms with Crippen molar-refractivity contribution in [1.29, 1.82) is 0 Å². The molecule has 1 fully saturated rings. The molecule has 0 unspecified atom stereocenters. The van der Waals surface area contributed by atoms with E-state index in [9.17, 15) is 9.90 Å². The van der Waals surface area contributed by atoms with Gasteiger partial charge in [-0.2, -0.15) is 0 Å². The van der Waals surface area contributed by atoms with Gasteiger partial charge in [-0.15, -0.1) is 0 Å². The van der Waals surface area contributed by atoms with E-state index < -0.39 is 0 Å². The van der Waals surface area contributed by atoms with Gasteiger partial charge in [0, 0.05) is 25.0 Å². The van der Waals surface area contributed by atoms with E-state index in [0.29, 0.717) is 11.7 Å². The maximum absolute atomic E-state index is 11.9. The number of methoxy groups -OCH3 is 1. The van der Waals surface area contributed by atoms with E-state index in [-0.39, 0.29) is 17.1 Å². The number of nitrogens with one attached hydrogen (secondary N) is 1. The Bertz CT molecular complexity index is 552. The molecule has 1 aliphatic rings. The molecule has 2 N–H and O–H groups in total. The zero-order chi connectivity index (χ0) is 17.0. The highest BCUT2D eigenvalue weighted by Crippen LogP contribution is 2.27. The van der Waals surface area contributed by atoms with Gasteiger partial charge in [0.2, 0.25) is 5.91 Å². The minimum atomic E-state index is -0.334. The van der Waals surface area contributed by atoms with Crippen LogP contribution in [0.5, 0.6) is 11.5 Å². The smallest absolute Gasteiger partial charge is 0.225 e. The van der Waals surface area contributed by atoms with E-state index in [4.69, 9.17) is 4.74 Å². The van der Waals surface area contributed by atoms with Gasteiger partial charge in [-0.05, 0) is 36.6 Å². The fourth-order valence-electron chi connectivity index (χ4n) is 2.82. The number of likely N-dealkylation sites (tertiary alicyclic amines) is 1. The van der Waals surface area contributed by atoms with Crippen molar-refractivity contribution in [2.45, 2.75) is 33.7 Å². The lowest BCUT2D eigenvalue weighted by atomic mass is 9.95. The van der Waals surface area contributed by atoms with Crippen LogP contribution in [0.25, 0.3) is 0 Å². The van der Waals surface area contributed by atoms with Gasteiger partial charge < -0.3 is 15.2 Å². The lowest BCUT2D eigenvalue weighted by Crippen LogP contribution is -2.38. The van der Waals surface area contributed by atoms with Gasteiger partial charge in [0.25, 0.3) is 0 Å². The van der Waals surface area contributed by atoms with Crippen molar-refractivity contribution in [3.8, 4) is 11.5 Å². The van der Waals surface area contributed by atoms with E-state index in [1.165, 1.54) is 0 Å². The van der Waals surface area contributed by atoms with Crippen LogP contribution in [0.1, 0.15) is 32.8 Å². The summed E-state index contributed by atoms with van der Waals surface area (Å²) in [6, 6.07) is 5.53. The van der Waals surface area contributed by atoms with Crippen LogP contribution in [0.15, 0.2) is 18.2 Å². The van der Waals surface area contributed by atoms with Gasteiger partial charge in [-0.1, -0.05) is 26.8 Å². The molecule has 1 aromatic rings. The molecular weight excluding hydrogens is 292 g/mol. The minimum absolute atomic E-state index is 0.107. The zero-order valence-corrected chi connectivity index (χ0v) is 14.6. The van der Waals surface area contributed by atoms with E-state index >= 15 is 0 Å². The van der Waals surface area contributed by atoms with Gasteiger partial charge in [0.05, 0.1) is 7.11 Å². The molecule has 1 saturated heterocycles. The third-order valence-electron chi connectivity index (χ3n) is 4.25. The van der Waals surface area contributed by atoms with Crippen molar-refractivity contribution < 1.29 is 14.6 Å². The van der Waals surface area contributed by atoms with Gasteiger partial charge in [0.15, 0.2) is 11.5 Å². The molecule has 1 atom stereocenters. The van der Waals surface area contributed by atoms with Crippen LogP contribution in [0.3, 0.4) is 0 Å². The first-order chi connectivity index (χ1) is 10.8. The monoisotopic (exact) mass is 320 g/mol. The normalized spacial score (nSPS) is 18.9. The van der Waals surface area contributed by atoms with Crippen LogP contribution < -0.4 is 10.1 Å². The molecule has 128 valence electrons. The number of hydrogen-bond acceptors (Lipinski definition) is 4. The third kappa shape index (κ3) is 4.86. The van der Waals surface area contributed by atoms with Crippen LogP contribution in [-0.2, 0) is 11.3 Å². The lowest BCUT2D eigenvalue weighted by molar-refractivity contribution is -0.128. The Balaban J connectivity index is 1.81. The summed E-state index contributed by atoms with van der Waals surface area (Å²) in [6.45, 7) is 9.32. The Morgan fingerprint density at radius 2 is 2.17 bits per heavy atom. The van der Waals surface area contributed by atoms with Crippen LogP contribution in [0, 0.1) is 11.3 Å². The number of phenols is 1. The number of nitrogens with zero attached hydrogens (tertiary/aromatic N) is 1. The number of rotatable bonds is 5. The number of benzene rings is 1. The predicted octanol–water partition coefficient (Wildman–Crippen LogP) is 2.39. The Hall–Kier alpha value is -1.75. The van der Waals surface area contributed by atoms with E-state index in [1.54, 1.807) is 19.2 Å². The third-order valence-corrected chi connectivity index (χ3v) is 4.25. The summed E-state index contributed by atoms with van der Waals surface area (Å²) in [5, 5.41) is 12.9. The second-order valence-electron chi connectivity index (χ2n) is 7.36. The molecule has 2 rings (SSSR count). The van der Waals surface area contributed by atoms with Gasteiger partial charge >= 0.3 is 0 Å². The SMILES string of the molecule is COc1ccc(CN2CC[C@@H](CNC(=O)C(C)(C)C)C2)cc1O. The van der Waals surface area contributed by atoms with Crippen molar-refractivity contribution >= 4 is 5.91 Å². The molecule has 0 aliphatic carbocycles. The summed E-state index contributed by atoms with van der Waals surface area (Å²) in [5.41, 5.74) is 0.738. The molecule has 1 amide bonds. The molecular formula is C18H28N2O3. The van der Waals surface area contributed by atoms with Gasteiger partial charge in [-0.3, -0.25) is 9.69 Å². The number of hydrogen-bond donors (Lipinski definition) is 2. The standard InChI is InChI=1S/C18H28N2O3/c1-18(2,3)17(22)19-10-14-7-8-20(12-14)11-13-5-6-16(23-4)15(21)9-13/h5-6,9,14,21H,7-8,10-12H2,1-4H3,(H,19,22)/t14-/m0/s1. The van der Waals surface area contributed by atoms with E-state index in [2.05, 4.69) is 10.2 Å². The van der Waals surface area contributed by atoms with E-state index in [1.807, 2.05) is 26.8 Å². The van der Waals surface area contributed by atoms with Gasteiger partial charge in [0.1, 0.15) is 0 Å². The minimum Gasteiger partial charge on any atom is -0.504 e. The average Bonchev–Trinajstić information content (AvgIpc) is 2.91. The fourth-order valence-corrected chi connectivity index (χ4v) is 2.82. The Morgan fingerprint density at radius 1 is 1.43 bits per heavy atom. The number of ether oxygens (including phenoxy) is 1. The summed E-state index contributed by atoms with van der Waals surface area (Å²) >= 11 is 0.